The second-order valence-corrected chi connectivity index (χ2v) is 12.4. The van der Waals surface area contributed by atoms with Gasteiger partial charge in [0.25, 0.3) is 0 Å². The van der Waals surface area contributed by atoms with Gasteiger partial charge in [0, 0.05) is 0 Å². The molecule has 0 saturated carbocycles. The van der Waals surface area contributed by atoms with Gasteiger partial charge in [0.2, 0.25) is 0 Å². The Morgan fingerprint density at radius 3 is 0.286 bits per heavy atom. The van der Waals surface area contributed by atoms with E-state index in [1.807, 2.05) is 0 Å². The maximum atomic E-state index is 10.3. The van der Waals surface area contributed by atoms with Gasteiger partial charge in [-0.25, -0.2) is 24.0 Å². The SMILES string of the molecule is O=C(O)CC(O)(CC(=O)O)C(=O)O.O=C(O)CC(O)(CC(=O)O)C(=O)O.O=C(O)CC(O)(CC(=O)O)C(=O)O.O=C(O)CC(O)(CC(=O)O)C(=O)O.O=C(O)CC(O)(CC(=O)O)C(=O)O.[H-].[H-].[H-].[H-].[H-].[Na+].[Na+].[Na+].[Na+].[Na+]. The average molecular weight is 1080 g/mol. The zero-order valence-electron chi connectivity index (χ0n) is 42.1. The molecule has 0 heterocycles. The van der Waals surface area contributed by atoms with E-state index >= 15 is 0 Å². The van der Waals surface area contributed by atoms with Gasteiger partial charge in [-0.15, -0.1) is 0 Å². The molecular formula is C30H45Na5O35. The summed E-state index contributed by atoms with van der Waals surface area (Å²) in [6, 6.07) is 0. The van der Waals surface area contributed by atoms with Crippen molar-refractivity contribution in [1.82, 2.24) is 0 Å². The van der Waals surface area contributed by atoms with Crippen molar-refractivity contribution in [2.75, 3.05) is 0 Å². The van der Waals surface area contributed by atoms with Crippen molar-refractivity contribution in [2.45, 2.75) is 92.2 Å². The molecule has 0 rings (SSSR count). The second-order valence-electron chi connectivity index (χ2n) is 12.4. The monoisotopic (exact) mass is 1080 g/mol. The van der Waals surface area contributed by atoms with Crippen LogP contribution >= 0.6 is 0 Å². The van der Waals surface area contributed by atoms with Crippen LogP contribution in [0.15, 0.2) is 0 Å². The first-order valence-electron chi connectivity index (χ1n) is 15.9. The van der Waals surface area contributed by atoms with Gasteiger partial charge >= 0.3 is 237 Å². The van der Waals surface area contributed by atoms with Crippen LogP contribution in [0.4, 0.5) is 0 Å². The van der Waals surface area contributed by atoms with Crippen LogP contribution in [0.5, 0.6) is 0 Å². The predicted molar refractivity (Wildman–Crippen MR) is 191 cm³/mol. The summed E-state index contributed by atoms with van der Waals surface area (Å²) < 4.78 is 0. The van der Waals surface area contributed by atoms with Crippen molar-refractivity contribution in [3.63, 3.8) is 0 Å². The Kier molecular flexibility index (Phi) is 53.0. The van der Waals surface area contributed by atoms with E-state index in [9.17, 15) is 71.9 Å². The third-order valence-electron chi connectivity index (χ3n) is 6.43. The normalized spacial score (nSPS) is 10.1. The molecule has 0 atom stereocenters. The van der Waals surface area contributed by atoms with Gasteiger partial charge in [-0.05, 0) is 0 Å². The minimum Gasteiger partial charge on any atom is -1.00 e. The molecule has 0 aromatic heterocycles. The van der Waals surface area contributed by atoms with E-state index in [1.54, 1.807) is 0 Å². The van der Waals surface area contributed by atoms with Gasteiger partial charge in [0.15, 0.2) is 28.0 Å². The molecule has 0 saturated heterocycles. The standard InChI is InChI=1S/5C6H8O7.5Na.5H/c5*7-3(8)1-6(13,5(11)12)2-4(9)10;;;;;;;;;;/h5*13H,1-2H2,(H,7,8)(H,9,10)(H,11,12);;;;;;;;;;/q;;;;;5*+1;5*-1. The largest absolute Gasteiger partial charge is 1.00 e. The van der Waals surface area contributed by atoms with Gasteiger partial charge in [-0.2, -0.15) is 0 Å². The third kappa shape index (κ3) is 44.8. The molecular weight excluding hydrogens is 1040 g/mol. The number of aliphatic hydroxyl groups is 5. The van der Waals surface area contributed by atoms with E-state index in [0.29, 0.717) is 0 Å². The van der Waals surface area contributed by atoms with Crippen LogP contribution in [0, 0.1) is 0 Å². The number of carboxylic acids is 15. The summed E-state index contributed by atoms with van der Waals surface area (Å²) in [5.74, 6) is -25.1. The van der Waals surface area contributed by atoms with E-state index in [4.69, 9.17) is 102 Å². The molecule has 0 amide bonds. The first kappa shape index (κ1) is 89.7. The molecule has 0 aliphatic rings. The van der Waals surface area contributed by atoms with Gasteiger partial charge in [0.1, 0.15) is 0 Å². The van der Waals surface area contributed by atoms with Crippen LogP contribution in [0.2, 0.25) is 0 Å². The molecule has 20 N–H and O–H groups in total. The third-order valence-corrected chi connectivity index (χ3v) is 6.43. The second kappa shape index (κ2) is 41.3. The average Bonchev–Trinajstić information content (AvgIpc) is 3.01. The first-order chi connectivity index (χ1) is 28.9. The zero-order valence-corrected chi connectivity index (χ0v) is 47.1. The molecule has 0 fully saturated rings. The van der Waals surface area contributed by atoms with Crippen molar-refractivity contribution in [3.8, 4) is 0 Å². The Hall–Kier alpha value is -3.15. The smallest absolute Gasteiger partial charge is 1.00 e. The molecule has 0 aliphatic carbocycles. The van der Waals surface area contributed by atoms with Crippen LogP contribution in [-0.4, -0.2) is 220 Å². The van der Waals surface area contributed by atoms with Gasteiger partial charge in [0.05, 0.1) is 64.2 Å². The number of carbonyl (C=O) groups is 15. The molecule has 35 nitrogen and oxygen atoms in total. The molecule has 0 bridgehead atoms. The topological polar surface area (TPSA) is 661 Å². The summed E-state index contributed by atoms with van der Waals surface area (Å²) in [5.41, 5.74) is -13.7. The quantitative estimate of drug-likeness (QED) is 0.0378. The van der Waals surface area contributed by atoms with Gasteiger partial charge in [-0.3, -0.25) is 47.9 Å². The van der Waals surface area contributed by atoms with Crippen molar-refractivity contribution in [1.29, 1.82) is 0 Å². The molecule has 0 aromatic rings. The molecule has 0 radical (unpaired) electrons. The van der Waals surface area contributed by atoms with Crippen molar-refractivity contribution in [2.24, 2.45) is 0 Å². The number of carboxylic acid groups (broad SMARTS) is 15. The van der Waals surface area contributed by atoms with Crippen LogP contribution < -0.4 is 148 Å². The van der Waals surface area contributed by atoms with Crippen LogP contribution in [-0.2, 0) is 71.9 Å². The number of hydrogen-bond donors (Lipinski definition) is 20. The van der Waals surface area contributed by atoms with E-state index in [0.717, 1.165) is 0 Å². The number of aliphatic carboxylic acids is 15. The molecule has 380 valence electrons. The summed E-state index contributed by atoms with van der Waals surface area (Å²) in [4.78, 5) is 152. The molecule has 0 spiro atoms. The Morgan fingerprint density at radius 2 is 0.257 bits per heavy atom. The van der Waals surface area contributed by atoms with E-state index in [2.05, 4.69) is 0 Å². The van der Waals surface area contributed by atoms with E-state index in [1.165, 1.54) is 0 Å². The summed E-state index contributed by atoms with van der Waals surface area (Å²) in [6.07, 6.45) is -11.4. The maximum absolute atomic E-state index is 10.3. The van der Waals surface area contributed by atoms with Crippen LogP contribution in [0.1, 0.15) is 71.3 Å². The molecule has 0 unspecified atom stereocenters. The summed E-state index contributed by atoms with van der Waals surface area (Å²) in [6.45, 7) is 0. The van der Waals surface area contributed by atoms with Gasteiger partial charge < -0.3 is 109 Å². The predicted octanol–water partition coefficient (Wildman–Crippen LogP) is -20.7. The minimum absolute atomic E-state index is 0. The van der Waals surface area contributed by atoms with Gasteiger partial charge in [-0.1, -0.05) is 0 Å². The molecule has 0 aromatic carbocycles. The maximum Gasteiger partial charge on any atom is 1.00 e. The number of hydrogen-bond acceptors (Lipinski definition) is 20. The molecule has 40 heteroatoms. The Morgan fingerprint density at radius 1 is 0.200 bits per heavy atom. The van der Waals surface area contributed by atoms with Crippen LogP contribution in [0.25, 0.3) is 0 Å². The van der Waals surface area contributed by atoms with Crippen LogP contribution in [0.3, 0.4) is 0 Å². The fraction of sp³-hybridized carbons (Fsp3) is 0.500. The fourth-order valence-electron chi connectivity index (χ4n) is 3.57. The van der Waals surface area contributed by atoms with E-state index in [-0.39, 0.29) is 155 Å². The van der Waals surface area contributed by atoms with Crippen molar-refractivity contribution < 1.29 is 329 Å². The summed E-state index contributed by atoms with van der Waals surface area (Å²) in [5, 5.41) is 169. The fourth-order valence-corrected chi connectivity index (χ4v) is 3.57. The summed E-state index contributed by atoms with van der Waals surface area (Å²) >= 11 is 0. The number of rotatable bonds is 25. The zero-order chi connectivity index (χ0) is 53.2. The Labute approximate surface area is 505 Å². The first-order valence-corrected chi connectivity index (χ1v) is 15.9. The Balaban J connectivity index is -0.0000000447. The summed E-state index contributed by atoms with van der Waals surface area (Å²) in [7, 11) is 0. The molecule has 70 heavy (non-hydrogen) atoms. The minimum atomic E-state index is -2.74. The Bertz CT molecular complexity index is 1490. The molecule has 0 aliphatic heterocycles. The van der Waals surface area contributed by atoms with Crippen molar-refractivity contribution >= 4 is 89.5 Å². The van der Waals surface area contributed by atoms with Crippen molar-refractivity contribution in [3.05, 3.63) is 0 Å². The van der Waals surface area contributed by atoms with E-state index < -0.39 is 182 Å².